The van der Waals surface area contributed by atoms with Crippen LogP contribution in [-0.4, -0.2) is 73.9 Å². The highest BCUT2D eigenvalue weighted by Crippen LogP contribution is 2.18. The van der Waals surface area contributed by atoms with Crippen LogP contribution in [-0.2, 0) is 23.9 Å². The Kier molecular flexibility index (Phi) is 34.6. The van der Waals surface area contributed by atoms with Crippen molar-refractivity contribution in [1.29, 1.82) is 0 Å². The molecular formula is C36H72N2O6. The number of carbonyl (C=O) groups is 3. The Morgan fingerprint density at radius 1 is 0.659 bits per heavy atom. The van der Waals surface area contributed by atoms with Crippen LogP contribution in [0.25, 0.3) is 0 Å². The van der Waals surface area contributed by atoms with E-state index in [1.807, 2.05) is 0 Å². The van der Waals surface area contributed by atoms with Crippen molar-refractivity contribution in [2.75, 3.05) is 46.0 Å². The summed E-state index contributed by atoms with van der Waals surface area (Å²) in [6, 6.07) is 0. The molecule has 44 heavy (non-hydrogen) atoms. The maximum Gasteiger partial charge on any atom is 0.305 e. The molecule has 2 N–H and O–H groups in total. The SMILES string of the molecule is CCCCCCC(CCCC)COC(=O)CCCCCCCCC(=O)NCC(CO)COC(C)=O.CCCCN(CC)CC. The summed E-state index contributed by atoms with van der Waals surface area (Å²) < 4.78 is 10.4. The molecule has 0 heterocycles. The maximum atomic E-state index is 12.1. The van der Waals surface area contributed by atoms with E-state index in [0.717, 1.165) is 44.9 Å². The van der Waals surface area contributed by atoms with Crippen molar-refractivity contribution in [3.63, 3.8) is 0 Å². The first-order chi connectivity index (χ1) is 21.3. The molecule has 0 saturated heterocycles. The van der Waals surface area contributed by atoms with Gasteiger partial charge in [0.1, 0.15) is 0 Å². The van der Waals surface area contributed by atoms with Gasteiger partial charge in [0.15, 0.2) is 0 Å². The van der Waals surface area contributed by atoms with E-state index in [1.165, 1.54) is 84.3 Å². The molecule has 2 unspecified atom stereocenters. The molecule has 0 rings (SSSR count). The predicted molar refractivity (Wildman–Crippen MR) is 183 cm³/mol. The highest BCUT2D eigenvalue weighted by Gasteiger charge is 2.13. The first-order valence-corrected chi connectivity index (χ1v) is 18.2. The number of aliphatic hydroxyl groups excluding tert-OH is 1. The van der Waals surface area contributed by atoms with Crippen LogP contribution < -0.4 is 5.32 Å². The van der Waals surface area contributed by atoms with Gasteiger partial charge in [-0.3, -0.25) is 14.4 Å². The van der Waals surface area contributed by atoms with Gasteiger partial charge in [-0.2, -0.15) is 0 Å². The molecule has 0 radical (unpaired) electrons. The molecular weight excluding hydrogens is 556 g/mol. The molecule has 0 bridgehead atoms. The summed E-state index contributed by atoms with van der Waals surface area (Å²) in [7, 11) is 0. The molecule has 0 aromatic heterocycles. The summed E-state index contributed by atoms with van der Waals surface area (Å²) in [5.41, 5.74) is 0. The number of esters is 2. The summed E-state index contributed by atoms with van der Waals surface area (Å²) in [6.07, 6.45) is 19.1. The molecule has 2 atom stereocenters. The van der Waals surface area contributed by atoms with Gasteiger partial charge in [0, 0.05) is 32.2 Å². The zero-order valence-corrected chi connectivity index (χ0v) is 29.8. The molecule has 0 spiro atoms. The van der Waals surface area contributed by atoms with Crippen molar-refractivity contribution >= 4 is 17.8 Å². The molecule has 0 aliphatic carbocycles. The third-order valence-electron chi connectivity index (χ3n) is 8.04. The van der Waals surface area contributed by atoms with E-state index in [2.05, 4.69) is 44.8 Å². The Balaban J connectivity index is 0. The lowest BCUT2D eigenvalue weighted by molar-refractivity contribution is -0.145. The number of unbranched alkanes of at least 4 members (excludes halogenated alkanes) is 10. The van der Waals surface area contributed by atoms with Crippen molar-refractivity contribution < 1.29 is 29.0 Å². The van der Waals surface area contributed by atoms with Gasteiger partial charge >= 0.3 is 11.9 Å². The van der Waals surface area contributed by atoms with Crippen LogP contribution in [0, 0.1) is 11.8 Å². The topological polar surface area (TPSA) is 105 Å². The Morgan fingerprint density at radius 3 is 1.77 bits per heavy atom. The van der Waals surface area contributed by atoms with Gasteiger partial charge in [-0.25, -0.2) is 0 Å². The molecule has 262 valence electrons. The van der Waals surface area contributed by atoms with Crippen LogP contribution in [0.2, 0.25) is 0 Å². The van der Waals surface area contributed by atoms with Crippen LogP contribution in [0.1, 0.15) is 157 Å². The molecule has 8 nitrogen and oxygen atoms in total. The number of rotatable bonds is 29. The van der Waals surface area contributed by atoms with Gasteiger partial charge in [0.05, 0.1) is 19.8 Å². The standard InChI is InChI=1S/C28H53NO6.C8H19N/c1-4-6-8-13-17-25(16-7-5-2)22-35-28(33)19-15-12-10-9-11-14-18-27(32)29-20-26(21-30)23-34-24(3)31;1-4-7-8-9(5-2)6-3/h25-26,30H,4-23H2,1-3H3,(H,29,32);4-8H2,1-3H3. The van der Waals surface area contributed by atoms with Crippen molar-refractivity contribution in [3.8, 4) is 0 Å². The molecule has 0 aliphatic rings. The number of nitrogens with zero attached hydrogens (tertiary/aromatic N) is 1. The third-order valence-corrected chi connectivity index (χ3v) is 8.04. The highest BCUT2D eigenvalue weighted by atomic mass is 16.5. The van der Waals surface area contributed by atoms with E-state index in [4.69, 9.17) is 9.47 Å². The summed E-state index contributed by atoms with van der Waals surface area (Å²) in [6.45, 7) is 17.0. The highest BCUT2D eigenvalue weighted by molar-refractivity contribution is 5.75. The fraction of sp³-hybridized carbons (Fsp3) is 0.917. The molecule has 0 fully saturated rings. The van der Waals surface area contributed by atoms with E-state index < -0.39 is 5.97 Å². The average Bonchev–Trinajstić information content (AvgIpc) is 3.02. The number of ether oxygens (including phenoxy) is 2. The fourth-order valence-electron chi connectivity index (χ4n) is 4.89. The Morgan fingerprint density at radius 2 is 1.20 bits per heavy atom. The second kappa shape index (κ2) is 34.2. The van der Waals surface area contributed by atoms with E-state index >= 15 is 0 Å². The van der Waals surface area contributed by atoms with Crippen LogP contribution in [0.4, 0.5) is 0 Å². The first-order valence-electron chi connectivity index (χ1n) is 18.2. The van der Waals surface area contributed by atoms with Gasteiger partial charge in [0.2, 0.25) is 5.91 Å². The molecule has 0 aliphatic heterocycles. The van der Waals surface area contributed by atoms with E-state index in [1.54, 1.807) is 0 Å². The molecule has 0 aromatic rings. The maximum absolute atomic E-state index is 12.1. The number of amides is 1. The number of hydrogen-bond acceptors (Lipinski definition) is 7. The Labute approximate surface area is 271 Å². The zero-order valence-electron chi connectivity index (χ0n) is 29.8. The second-order valence-corrected chi connectivity index (χ2v) is 12.2. The quantitative estimate of drug-likeness (QED) is 0.0642. The Bertz CT molecular complexity index is 657. The zero-order chi connectivity index (χ0) is 33.3. The van der Waals surface area contributed by atoms with Crippen LogP contribution in [0.15, 0.2) is 0 Å². The molecule has 0 aromatic carbocycles. The molecule has 0 saturated carbocycles. The normalized spacial score (nSPS) is 12.3. The van der Waals surface area contributed by atoms with Crippen molar-refractivity contribution in [2.24, 2.45) is 11.8 Å². The minimum absolute atomic E-state index is 0.0448. The lowest BCUT2D eigenvalue weighted by Crippen LogP contribution is -2.33. The lowest BCUT2D eigenvalue weighted by Gasteiger charge is -2.16. The van der Waals surface area contributed by atoms with Gasteiger partial charge in [-0.05, 0) is 57.7 Å². The predicted octanol–water partition coefficient (Wildman–Crippen LogP) is 7.84. The summed E-state index contributed by atoms with van der Waals surface area (Å²) >= 11 is 0. The van der Waals surface area contributed by atoms with E-state index in [9.17, 15) is 19.5 Å². The van der Waals surface area contributed by atoms with Gasteiger partial charge in [-0.1, -0.05) is 105 Å². The Hall–Kier alpha value is -1.67. The molecule has 8 heteroatoms. The third kappa shape index (κ3) is 31.7. The largest absolute Gasteiger partial charge is 0.465 e. The minimum atomic E-state index is -0.393. The summed E-state index contributed by atoms with van der Waals surface area (Å²) in [5.74, 6) is -0.266. The van der Waals surface area contributed by atoms with Crippen LogP contribution in [0.5, 0.6) is 0 Å². The van der Waals surface area contributed by atoms with Crippen molar-refractivity contribution in [1.82, 2.24) is 10.2 Å². The van der Waals surface area contributed by atoms with Crippen LogP contribution in [0.3, 0.4) is 0 Å². The number of hydrogen-bond donors (Lipinski definition) is 2. The van der Waals surface area contributed by atoms with Crippen LogP contribution >= 0.6 is 0 Å². The van der Waals surface area contributed by atoms with Crippen molar-refractivity contribution in [3.05, 3.63) is 0 Å². The number of nitrogens with one attached hydrogen (secondary N) is 1. The van der Waals surface area contributed by atoms with Gasteiger partial charge < -0.3 is 24.8 Å². The van der Waals surface area contributed by atoms with Gasteiger partial charge in [0.25, 0.3) is 0 Å². The fourth-order valence-corrected chi connectivity index (χ4v) is 4.89. The number of carbonyl (C=O) groups excluding carboxylic acids is 3. The smallest absolute Gasteiger partial charge is 0.305 e. The first kappa shape index (κ1) is 44.5. The second-order valence-electron chi connectivity index (χ2n) is 12.2. The average molecular weight is 629 g/mol. The molecule has 1 amide bonds. The van der Waals surface area contributed by atoms with E-state index in [-0.39, 0.29) is 31.0 Å². The number of aliphatic hydroxyl groups is 1. The van der Waals surface area contributed by atoms with Crippen molar-refractivity contribution in [2.45, 2.75) is 157 Å². The van der Waals surface area contributed by atoms with Gasteiger partial charge in [-0.15, -0.1) is 0 Å². The lowest BCUT2D eigenvalue weighted by atomic mass is 9.96. The summed E-state index contributed by atoms with van der Waals surface area (Å²) in [4.78, 5) is 37.3. The summed E-state index contributed by atoms with van der Waals surface area (Å²) in [5, 5.41) is 12.1. The van der Waals surface area contributed by atoms with E-state index in [0.29, 0.717) is 31.9 Å². The monoisotopic (exact) mass is 629 g/mol. The minimum Gasteiger partial charge on any atom is -0.465 e.